The summed E-state index contributed by atoms with van der Waals surface area (Å²) in [5, 5.41) is 0. The van der Waals surface area contributed by atoms with E-state index >= 15 is 0 Å². The van der Waals surface area contributed by atoms with Gasteiger partial charge in [0.15, 0.2) is 0 Å². The van der Waals surface area contributed by atoms with Gasteiger partial charge >= 0.3 is 0 Å². The number of nitrogens with two attached hydrogens (primary N) is 1. The molecular weight excluding hydrogens is 174 g/mol. The highest BCUT2D eigenvalue weighted by Gasteiger charge is 2.16. The molecule has 1 fully saturated rings. The molecule has 0 spiro atoms. The fraction of sp³-hybridized carbons (Fsp3) is 0.545. The lowest BCUT2D eigenvalue weighted by Gasteiger charge is -2.31. The minimum absolute atomic E-state index is 0.735. The molecular formula is C11H17N3. The number of nitrogen functional groups attached to an aromatic ring is 1. The molecule has 1 aromatic rings. The maximum atomic E-state index is 5.60. The molecule has 1 atom stereocenters. The Hall–Kier alpha value is -1.25. The van der Waals surface area contributed by atoms with E-state index in [-0.39, 0.29) is 0 Å². The van der Waals surface area contributed by atoms with Gasteiger partial charge in [0.05, 0.1) is 11.9 Å². The fourth-order valence-corrected chi connectivity index (χ4v) is 1.98. The lowest BCUT2D eigenvalue weighted by Crippen LogP contribution is -2.34. The second-order valence-electron chi connectivity index (χ2n) is 4.14. The van der Waals surface area contributed by atoms with Crippen molar-refractivity contribution >= 4 is 11.5 Å². The molecule has 76 valence electrons. The van der Waals surface area contributed by atoms with Gasteiger partial charge in [-0.25, -0.2) is 4.98 Å². The van der Waals surface area contributed by atoms with Crippen LogP contribution < -0.4 is 10.6 Å². The number of piperidine rings is 1. The van der Waals surface area contributed by atoms with Crippen molar-refractivity contribution in [1.82, 2.24) is 4.98 Å². The van der Waals surface area contributed by atoms with E-state index in [1.165, 1.54) is 12.8 Å². The van der Waals surface area contributed by atoms with Crippen molar-refractivity contribution in [3.05, 3.63) is 18.3 Å². The maximum absolute atomic E-state index is 5.60. The Balaban J connectivity index is 2.10. The number of rotatable bonds is 1. The van der Waals surface area contributed by atoms with E-state index in [1.807, 2.05) is 12.1 Å². The standard InChI is InChI=1S/C11H17N3/c1-9-3-2-6-14(8-9)11-5-4-10(12)7-13-11/h4-5,7,9H,2-3,6,8,12H2,1H3/t9-/m0/s1. The first-order valence-electron chi connectivity index (χ1n) is 5.22. The molecule has 1 aliphatic rings. The van der Waals surface area contributed by atoms with E-state index in [1.54, 1.807) is 6.20 Å². The molecule has 0 aliphatic carbocycles. The van der Waals surface area contributed by atoms with Crippen LogP contribution in [0.4, 0.5) is 11.5 Å². The summed E-state index contributed by atoms with van der Waals surface area (Å²) in [4.78, 5) is 6.68. The molecule has 0 aromatic carbocycles. The Bertz CT molecular complexity index is 294. The Morgan fingerprint density at radius 3 is 3.00 bits per heavy atom. The van der Waals surface area contributed by atoms with Crippen LogP contribution >= 0.6 is 0 Å². The molecule has 0 amide bonds. The summed E-state index contributed by atoms with van der Waals surface area (Å²) in [5.41, 5.74) is 6.34. The zero-order valence-electron chi connectivity index (χ0n) is 8.61. The van der Waals surface area contributed by atoms with Crippen molar-refractivity contribution in [2.75, 3.05) is 23.7 Å². The normalized spacial score (nSPS) is 22.4. The summed E-state index contributed by atoms with van der Waals surface area (Å²) >= 11 is 0. The molecule has 0 bridgehead atoms. The van der Waals surface area contributed by atoms with E-state index < -0.39 is 0 Å². The molecule has 1 aromatic heterocycles. The van der Waals surface area contributed by atoms with Crippen LogP contribution in [0.25, 0.3) is 0 Å². The third-order valence-corrected chi connectivity index (χ3v) is 2.75. The molecule has 3 nitrogen and oxygen atoms in total. The first-order valence-corrected chi connectivity index (χ1v) is 5.22. The number of nitrogens with zero attached hydrogens (tertiary/aromatic N) is 2. The van der Waals surface area contributed by atoms with Gasteiger partial charge in [0, 0.05) is 13.1 Å². The van der Waals surface area contributed by atoms with Crippen LogP contribution in [-0.4, -0.2) is 18.1 Å². The van der Waals surface area contributed by atoms with Gasteiger partial charge in [-0.1, -0.05) is 6.92 Å². The van der Waals surface area contributed by atoms with Crippen LogP contribution in [-0.2, 0) is 0 Å². The van der Waals surface area contributed by atoms with Crippen molar-refractivity contribution in [2.24, 2.45) is 5.92 Å². The van der Waals surface area contributed by atoms with Crippen LogP contribution in [0.5, 0.6) is 0 Å². The second kappa shape index (κ2) is 3.86. The summed E-state index contributed by atoms with van der Waals surface area (Å²) in [6.07, 6.45) is 4.34. The molecule has 0 saturated carbocycles. The first kappa shape index (κ1) is 9.31. The average molecular weight is 191 g/mol. The van der Waals surface area contributed by atoms with E-state index in [0.29, 0.717) is 0 Å². The Morgan fingerprint density at radius 1 is 1.50 bits per heavy atom. The predicted molar refractivity (Wildman–Crippen MR) is 59.3 cm³/mol. The molecule has 2 N–H and O–H groups in total. The van der Waals surface area contributed by atoms with Gasteiger partial charge in [0.1, 0.15) is 5.82 Å². The van der Waals surface area contributed by atoms with E-state index in [0.717, 1.165) is 30.5 Å². The number of aromatic nitrogens is 1. The van der Waals surface area contributed by atoms with Crippen LogP contribution in [0, 0.1) is 5.92 Å². The lowest BCUT2D eigenvalue weighted by atomic mass is 10.0. The molecule has 2 rings (SSSR count). The van der Waals surface area contributed by atoms with E-state index in [2.05, 4.69) is 16.8 Å². The highest BCUT2D eigenvalue weighted by molar-refractivity contribution is 5.45. The van der Waals surface area contributed by atoms with Crippen LogP contribution in [0.15, 0.2) is 18.3 Å². The van der Waals surface area contributed by atoms with Gasteiger partial charge < -0.3 is 10.6 Å². The van der Waals surface area contributed by atoms with E-state index in [9.17, 15) is 0 Å². The summed E-state index contributed by atoms with van der Waals surface area (Å²) in [7, 11) is 0. The molecule has 1 aliphatic heterocycles. The first-order chi connectivity index (χ1) is 6.75. The minimum Gasteiger partial charge on any atom is -0.397 e. The largest absolute Gasteiger partial charge is 0.397 e. The van der Waals surface area contributed by atoms with Gasteiger partial charge in [-0.05, 0) is 30.9 Å². The summed E-state index contributed by atoms with van der Waals surface area (Å²) < 4.78 is 0. The van der Waals surface area contributed by atoms with Crippen molar-refractivity contribution in [2.45, 2.75) is 19.8 Å². The Morgan fingerprint density at radius 2 is 2.36 bits per heavy atom. The minimum atomic E-state index is 0.735. The lowest BCUT2D eigenvalue weighted by molar-refractivity contribution is 0.444. The third kappa shape index (κ3) is 1.97. The van der Waals surface area contributed by atoms with Gasteiger partial charge in [0.2, 0.25) is 0 Å². The summed E-state index contributed by atoms with van der Waals surface area (Å²) in [5.74, 6) is 1.84. The highest BCUT2D eigenvalue weighted by Crippen LogP contribution is 2.21. The molecule has 0 unspecified atom stereocenters. The fourth-order valence-electron chi connectivity index (χ4n) is 1.98. The molecule has 1 saturated heterocycles. The Kier molecular flexibility index (Phi) is 2.57. The number of pyridine rings is 1. The average Bonchev–Trinajstić information content (AvgIpc) is 2.19. The van der Waals surface area contributed by atoms with Crippen molar-refractivity contribution in [3.63, 3.8) is 0 Å². The zero-order valence-corrected chi connectivity index (χ0v) is 8.61. The SMILES string of the molecule is C[C@H]1CCCN(c2ccc(N)cn2)C1. The zero-order chi connectivity index (χ0) is 9.97. The predicted octanol–water partition coefficient (Wildman–Crippen LogP) is 1.90. The van der Waals surface area contributed by atoms with Crippen molar-refractivity contribution in [1.29, 1.82) is 0 Å². The smallest absolute Gasteiger partial charge is 0.128 e. The van der Waals surface area contributed by atoms with Gasteiger partial charge in [-0.2, -0.15) is 0 Å². The van der Waals surface area contributed by atoms with Crippen LogP contribution in [0.2, 0.25) is 0 Å². The summed E-state index contributed by atoms with van der Waals surface area (Å²) in [6, 6.07) is 3.93. The molecule has 2 heterocycles. The monoisotopic (exact) mass is 191 g/mol. The highest BCUT2D eigenvalue weighted by atomic mass is 15.2. The van der Waals surface area contributed by atoms with Crippen molar-refractivity contribution in [3.8, 4) is 0 Å². The van der Waals surface area contributed by atoms with Crippen molar-refractivity contribution < 1.29 is 0 Å². The van der Waals surface area contributed by atoms with Gasteiger partial charge in [-0.3, -0.25) is 0 Å². The number of hydrogen-bond acceptors (Lipinski definition) is 3. The van der Waals surface area contributed by atoms with Gasteiger partial charge in [0.25, 0.3) is 0 Å². The quantitative estimate of drug-likeness (QED) is 0.737. The molecule has 0 radical (unpaired) electrons. The maximum Gasteiger partial charge on any atom is 0.128 e. The molecule has 3 heteroatoms. The van der Waals surface area contributed by atoms with E-state index in [4.69, 9.17) is 5.73 Å². The third-order valence-electron chi connectivity index (χ3n) is 2.75. The Labute approximate surface area is 84.9 Å². The number of anilines is 2. The summed E-state index contributed by atoms with van der Waals surface area (Å²) in [6.45, 7) is 4.54. The molecule has 14 heavy (non-hydrogen) atoms. The van der Waals surface area contributed by atoms with Crippen LogP contribution in [0.3, 0.4) is 0 Å². The second-order valence-corrected chi connectivity index (χ2v) is 4.14. The number of hydrogen-bond donors (Lipinski definition) is 1. The topological polar surface area (TPSA) is 42.1 Å². The van der Waals surface area contributed by atoms with Gasteiger partial charge in [-0.15, -0.1) is 0 Å². The van der Waals surface area contributed by atoms with Crippen LogP contribution in [0.1, 0.15) is 19.8 Å².